The highest BCUT2D eigenvalue weighted by Gasteiger charge is 2.29. The summed E-state index contributed by atoms with van der Waals surface area (Å²) in [5.41, 5.74) is 1.64. The summed E-state index contributed by atoms with van der Waals surface area (Å²) in [4.78, 5) is 25.6. The van der Waals surface area contributed by atoms with Gasteiger partial charge in [0, 0.05) is 13.2 Å². The number of ether oxygens (including phenoxy) is 1. The van der Waals surface area contributed by atoms with Gasteiger partial charge in [-0.3, -0.25) is 4.84 Å². The van der Waals surface area contributed by atoms with Gasteiger partial charge in [-0.2, -0.15) is 0 Å². The van der Waals surface area contributed by atoms with Crippen LogP contribution in [-0.2, 0) is 14.4 Å². The first-order valence-corrected chi connectivity index (χ1v) is 5.03. The van der Waals surface area contributed by atoms with Gasteiger partial charge in [0.25, 0.3) is 0 Å². The summed E-state index contributed by atoms with van der Waals surface area (Å²) in [6.45, 7) is 2.42. The van der Waals surface area contributed by atoms with E-state index in [4.69, 9.17) is 9.84 Å². The van der Waals surface area contributed by atoms with E-state index < -0.39 is 18.6 Å². The molecule has 1 saturated heterocycles. The predicted octanol–water partition coefficient (Wildman–Crippen LogP) is -0.129. The van der Waals surface area contributed by atoms with Crippen LogP contribution in [0.2, 0.25) is 0 Å². The lowest BCUT2D eigenvalue weighted by atomic mass is 10.0. The molecule has 0 aromatic heterocycles. The van der Waals surface area contributed by atoms with Crippen molar-refractivity contribution in [2.75, 3.05) is 19.8 Å². The molecule has 1 aliphatic rings. The topological polar surface area (TPSA) is 96.9 Å². The van der Waals surface area contributed by atoms with Gasteiger partial charge in [-0.25, -0.2) is 15.1 Å². The van der Waals surface area contributed by atoms with Gasteiger partial charge in [-0.05, 0) is 19.8 Å². The minimum absolute atomic E-state index is 0.329. The van der Waals surface area contributed by atoms with Crippen LogP contribution in [0.15, 0.2) is 0 Å². The zero-order valence-electron chi connectivity index (χ0n) is 9.12. The first kappa shape index (κ1) is 12.7. The third-order valence-corrected chi connectivity index (χ3v) is 2.28. The van der Waals surface area contributed by atoms with Gasteiger partial charge in [0.1, 0.15) is 0 Å². The summed E-state index contributed by atoms with van der Waals surface area (Å²) in [5, 5.41) is 10.8. The molecule has 0 aliphatic carbocycles. The fourth-order valence-electron chi connectivity index (χ4n) is 1.44. The normalized spacial score (nSPS) is 24.1. The van der Waals surface area contributed by atoms with Crippen molar-refractivity contribution in [3.63, 3.8) is 0 Å². The molecule has 1 aliphatic heterocycles. The summed E-state index contributed by atoms with van der Waals surface area (Å²) >= 11 is 0. The van der Waals surface area contributed by atoms with Gasteiger partial charge < -0.3 is 15.2 Å². The van der Waals surface area contributed by atoms with Gasteiger partial charge in [0.2, 0.25) is 0 Å². The van der Waals surface area contributed by atoms with Crippen LogP contribution in [0.1, 0.15) is 19.8 Å². The number of rotatable bonds is 5. The molecule has 92 valence electrons. The zero-order chi connectivity index (χ0) is 12.0. The summed E-state index contributed by atoms with van der Waals surface area (Å²) < 4.78 is 5.46. The molecular weight excluding hydrogens is 216 g/mol. The molecule has 0 spiro atoms. The van der Waals surface area contributed by atoms with Crippen LogP contribution in [0.4, 0.5) is 4.79 Å². The lowest BCUT2D eigenvalue weighted by molar-refractivity contribution is -0.144. The van der Waals surface area contributed by atoms with Crippen molar-refractivity contribution >= 4 is 12.0 Å². The third kappa shape index (κ3) is 4.45. The maximum absolute atomic E-state index is 11.1. The highest BCUT2D eigenvalue weighted by Crippen LogP contribution is 2.23. The Labute approximate surface area is 93.1 Å². The molecule has 1 atom stereocenters. The molecule has 0 aromatic carbocycles. The molecule has 3 N–H and O–H groups in total. The SMILES string of the molecule is CC1(CNC(=O)NOCC(=O)O)CCCO1. The van der Waals surface area contributed by atoms with Crippen molar-refractivity contribution in [3.8, 4) is 0 Å². The molecule has 1 heterocycles. The minimum atomic E-state index is -1.15. The van der Waals surface area contributed by atoms with Crippen LogP contribution >= 0.6 is 0 Å². The number of carbonyl (C=O) groups excluding carboxylic acids is 1. The van der Waals surface area contributed by atoms with E-state index in [0.29, 0.717) is 13.2 Å². The number of aliphatic carboxylic acids is 1. The molecule has 7 nitrogen and oxygen atoms in total. The third-order valence-electron chi connectivity index (χ3n) is 2.28. The highest BCUT2D eigenvalue weighted by atomic mass is 16.7. The molecule has 1 rings (SSSR count). The van der Waals surface area contributed by atoms with Crippen molar-refractivity contribution in [2.24, 2.45) is 0 Å². The quantitative estimate of drug-likeness (QED) is 0.574. The molecule has 0 bridgehead atoms. The van der Waals surface area contributed by atoms with E-state index in [-0.39, 0.29) is 5.60 Å². The molecule has 16 heavy (non-hydrogen) atoms. The number of nitrogens with one attached hydrogen (secondary N) is 2. The average Bonchev–Trinajstić information content (AvgIpc) is 2.62. The van der Waals surface area contributed by atoms with E-state index >= 15 is 0 Å². The van der Waals surface area contributed by atoms with E-state index in [2.05, 4.69) is 10.2 Å². The van der Waals surface area contributed by atoms with E-state index in [1.54, 1.807) is 0 Å². The number of urea groups is 1. The fourth-order valence-corrected chi connectivity index (χ4v) is 1.44. The van der Waals surface area contributed by atoms with Gasteiger partial charge in [-0.15, -0.1) is 0 Å². The highest BCUT2D eigenvalue weighted by molar-refractivity contribution is 5.73. The van der Waals surface area contributed by atoms with Crippen LogP contribution < -0.4 is 10.8 Å². The predicted molar refractivity (Wildman–Crippen MR) is 53.7 cm³/mol. The Morgan fingerprint density at radius 3 is 2.88 bits per heavy atom. The zero-order valence-corrected chi connectivity index (χ0v) is 9.12. The van der Waals surface area contributed by atoms with Crippen molar-refractivity contribution in [1.82, 2.24) is 10.8 Å². The van der Waals surface area contributed by atoms with Crippen LogP contribution in [0.5, 0.6) is 0 Å². The van der Waals surface area contributed by atoms with Gasteiger partial charge >= 0.3 is 12.0 Å². The van der Waals surface area contributed by atoms with Crippen LogP contribution in [0.3, 0.4) is 0 Å². The molecule has 0 aromatic rings. The van der Waals surface area contributed by atoms with E-state index in [1.165, 1.54) is 0 Å². The van der Waals surface area contributed by atoms with Crippen molar-refractivity contribution < 1.29 is 24.3 Å². The second-order valence-corrected chi connectivity index (χ2v) is 3.87. The maximum Gasteiger partial charge on any atom is 0.338 e. The van der Waals surface area contributed by atoms with E-state index in [9.17, 15) is 9.59 Å². The molecule has 2 amide bonds. The van der Waals surface area contributed by atoms with Crippen molar-refractivity contribution in [3.05, 3.63) is 0 Å². The molecule has 0 saturated carbocycles. The first-order chi connectivity index (χ1) is 7.52. The Morgan fingerprint density at radius 2 is 2.31 bits per heavy atom. The Balaban J connectivity index is 2.12. The first-order valence-electron chi connectivity index (χ1n) is 5.03. The number of carboxylic acid groups (broad SMARTS) is 1. The molecule has 0 radical (unpaired) electrons. The lowest BCUT2D eigenvalue weighted by Crippen LogP contribution is -2.44. The number of hydroxylamine groups is 1. The largest absolute Gasteiger partial charge is 0.479 e. The average molecular weight is 232 g/mol. The van der Waals surface area contributed by atoms with Crippen LogP contribution in [-0.4, -0.2) is 42.5 Å². The number of hydrogen-bond acceptors (Lipinski definition) is 4. The smallest absolute Gasteiger partial charge is 0.338 e. The summed E-state index contributed by atoms with van der Waals surface area (Å²) in [7, 11) is 0. The maximum atomic E-state index is 11.1. The summed E-state index contributed by atoms with van der Waals surface area (Å²) in [5.74, 6) is -1.15. The summed E-state index contributed by atoms with van der Waals surface area (Å²) in [6, 6.07) is -0.571. The second kappa shape index (κ2) is 5.66. The standard InChI is InChI=1S/C9H16N2O5/c1-9(3-2-4-15-9)6-10-8(14)11-16-5-7(12)13/h2-6H2,1H3,(H,12,13)(H2,10,11,14). The number of hydrogen-bond donors (Lipinski definition) is 3. The molecular formula is C9H16N2O5. The number of carbonyl (C=O) groups is 2. The van der Waals surface area contributed by atoms with Crippen LogP contribution in [0, 0.1) is 0 Å². The Kier molecular flexibility index (Phi) is 4.51. The fraction of sp³-hybridized carbons (Fsp3) is 0.778. The monoisotopic (exact) mass is 232 g/mol. The van der Waals surface area contributed by atoms with Gasteiger partial charge in [0.15, 0.2) is 6.61 Å². The number of carboxylic acids is 1. The molecule has 1 unspecified atom stereocenters. The van der Waals surface area contributed by atoms with Gasteiger partial charge in [0.05, 0.1) is 5.60 Å². The van der Waals surface area contributed by atoms with Crippen molar-refractivity contribution in [2.45, 2.75) is 25.4 Å². The van der Waals surface area contributed by atoms with Crippen molar-refractivity contribution in [1.29, 1.82) is 0 Å². The Hall–Kier alpha value is -1.34. The lowest BCUT2D eigenvalue weighted by Gasteiger charge is -2.23. The Bertz CT molecular complexity index is 263. The second-order valence-electron chi connectivity index (χ2n) is 3.87. The molecule has 1 fully saturated rings. The number of amides is 2. The Morgan fingerprint density at radius 1 is 1.56 bits per heavy atom. The van der Waals surface area contributed by atoms with Gasteiger partial charge in [-0.1, -0.05) is 0 Å². The van der Waals surface area contributed by atoms with E-state index in [1.807, 2.05) is 12.4 Å². The summed E-state index contributed by atoms with van der Waals surface area (Å²) in [6.07, 6.45) is 1.87. The van der Waals surface area contributed by atoms with Crippen LogP contribution in [0.25, 0.3) is 0 Å². The minimum Gasteiger partial charge on any atom is -0.479 e. The van der Waals surface area contributed by atoms with E-state index in [0.717, 1.165) is 12.8 Å². The molecule has 7 heteroatoms.